The van der Waals surface area contributed by atoms with Crippen LogP contribution in [0.2, 0.25) is 0 Å². The molecule has 1 unspecified atom stereocenters. The minimum absolute atomic E-state index is 0.00901. The molecule has 0 aromatic carbocycles. The fourth-order valence-corrected chi connectivity index (χ4v) is 1.31. The Bertz CT molecular complexity index is 249. The molecule has 0 rings (SSSR count). The average Bonchev–Trinajstić information content (AvgIpc) is 2.25. The lowest BCUT2D eigenvalue weighted by molar-refractivity contribution is -0.131. The first-order valence-electron chi connectivity index (χ1n) is 5.60. The van der Waals surface area contributed by atoms with Gasteiger partial charge in [-0.25, -0.2) is 0 Å². The highest BCUT2D eigenvalue weighted by molar-refractivity contribution is 7.80. The molecular formula is C11H22N2O3S. The van der Waals surface area contributed by atoms with Crippen molar-refractivity contribution in [3.63, 3.8) is 0 Å². The smallest absolute Gasteiger partial charge is 0.224 e. The zero-order chi connectivity index (χ0) is 13.3. The van der Waals surface area contributed by atoms with Crippen LogP contribution in [0.1, 0.15) is 19.8 Å². The van der Waals surface area contributed by atoms with E-state index in [0.29, 0.717) is 37.6 Å². The second kappa shape index (κ2) is 9.32. The number of hydrogen-bond donors (Lipinski definition) is 1. The first-order chi connectivity index (χ1) is 7.97. The lowest BCUT2D eigenvalue weighted by Crippen LogP contribution is -2.31. The van der Waals surface area contributed by atoms with E-state index in [-0.39, 0.29) is 12.0 Å². The van der Waals surface area contributed by atoms with Crippen molar-refractivity contribution in [3.8, 4) is 0 Å². The predicted molar refractivity (Wildman–Crippen MR) is 70.9 cm³/mol. The monoisotopic (exact) mass is 262 g/mol. The number of methoxy groups -OCH3 is 1. The fourth-order valence-electron chi connectivity index (χ4n) is 1.22. The number of thiocarbonyl (C=S) groups is 1. The van der Waals surface area contributed by atoms with E-state index >= 15 is 0 Å². The van der Waals surface area contributed by atoms with E-state index < -0.39 is 0 Å². The van der Waals surface area contributed by atoms with Crippen LogP contribution >= 0.6 is 12.2 Å². The Morgan fingerprint density at radius 1 is 1.47 bits per heavy atom. The van der Waals surface area contributed by atoms with Crippen LogP contribution < -0.4 is 5.73 Å². The van der Waals surface area contributed by atoms with Crippen LogP contribution in [0.15, 0.2) is 0 Å². The van der Waals surface area contributed by atoms with Gasteiger partial charge in [0, 0.05) is 27.1 Å². The summed E-state index contributed by atoms with van der Waals surface area (Å²) in [5, 5.41) is 0. The Morgan fingerprint density at radius 3 is 2.65 bits per heavy atom. The van der Waals surface area contributed by atoms with Gasteiger partial charge < -0.3 is 20.1 Å². The lowest BCUT2D eigenvalue weighted by atomic mass is 10.3. The van der Waals surface area contributed by atoms with Gasteiger partial charge in [-0.3, -0.25) is 4.79 Å². The van der Waals surface area contributed by atoms with Crippen molar-refractivity contribution in [1.29, 1.82) is 0 Å². The van der Waals surface area contributed by atoms with E-state index in [0.717, 1.165) is 0 Å². The summed E-state index contributed by atoms with van der Waals surface area (Å²) in [5.74, 6) is 0.0332. The Balaban J connectivity index is 3.67. The van der Waals surface area contributed by atoms with Crippen LogP contribution in [0.5, 0.6) is 0 Å². The number of nitrogens with two attached hydrogens (primary N) is 1. The molecular weight excluding hydrogens is 240 g/mol. The van der Waals surface area contributed by atoms with Crippen LogP contribution in [-0.2, 0) is 14.3 Å². The average molecular weight is 262 g/mol. The highest BCUT2D eigenvalue weighted by Crippen LogP contribution is 1.97. The molecule has 1 atom stereocenters. The molecule has 2 N–H and O–H groups in total. The maximum Gasteiger partial charge on any atom is 0.224 e. The van der Waals surface area contributed by atoms with Gasteiger partial charge in [-0.05, 0) is 6.92 Å². The molecule has 0 aromatic rings. The van der Waals surface area contributed by atoms with E-state index in [4.69, 9.17) is 27.4 Å². The maximum atomic E-state index is 11.6. The highest BCUT2D eigenvalue weighted by Gasteiger charge is 2.09. The second-order valence-electron chi connectivity index (χ2n) is 3.92. The summed E-state index contributed by atoms with van der Waals surface area (Å²) in [4.78, 5) is 13.7. The molecule has 1 amide bonds. The summed E-state index contributed by atoms with van der Waals surface area (Å²) in [5.41, 5.74) is 5.37. The fraction of sp³-hybridized carbons (Fsp3) is 0.818. The van der Waals surface area contributed by atoms with Gasteiger partial charge in [0.05, 0.1) is 30.7 Å². The number of hydrogen-bond acceptors (Lipinski definition) is 4. The number of amides is 1. The Labute approximate surface area is 108 Å². The van der Waals surface area contributed by atoms with Crippen molar-refractivity contribution < 1.29 is 14.3 Å². The third-order valence-electron chi connectivity index (χ3n) is 2.24. The number of rotatable bonds is 9. The Hall–Kier alpha value is -0.720. The minimum atomic E-state index is 0.00901. The highest BCUT2D eigenvalue weighted by atomic mass is 32.1. The molecule has 5 nitrogen and oxygen atoms in total. The van der Waals surface area contributed by atoms with Crippen molar-refractivity contribution in [2.45, 2.75) is 25.9 Å². The SMILES string of the molecule is COCC(C)OCCC(=O)N(C)CCC(N)=S. The van der Waals surface area contributed by atoms with E-state index in [9.17, 15) is 4.79 Å². The van der Waals surface area contributed by atoms with Crippen LogP contribution in [0.4, 0.5) is 0 Å². The molecule has 0 heterocycles. The van der Waals surface area contributed by atoms with Gasteiger partial charge >= 0.3 is 0 Å². The maximum absolute atomic E-state index is 11.6. The molecule has 0 saturated carbocycles. The van der Waals surface area contributed by atoms with Gasteiger partial charge in [-0.1, -0.05) is 12.2 Å². The Kier molecular flexibility index (Phi) is 8.93. The molecule has 0 fully saturated rings. The molecule has 0 aliphatic rings. The largest absolute Gasteiger partial charge is 0.393 e. The number of carbonyl (C=O) groups is 1. The first-order valence-corrected chi connectivity index (χ1v) is 6.01. The predicted octanol–water partition coefficient (Wildman–Crippen LogP) is 0.563. The number of ether oxygens (including phenoxy) is 2. The van der Waals surface area contributed by atoms with E-state index in [1.807, 2.05) is 6.92 Å². The topological polar surface area (TPSA) is 64.8 Å². The zero-order valence-electron chi connectivity index (χ0n) is 10.8. The van der Waals surface area contributed by atoms with Gasteiger partial charge in [0.15, 0.2) is 0 Å². The molecule has 0 spiro atoms. The van der Waals surface area contributed by atoms with Crippen molar-refractivity contribution in [1.82, 2.24) is 4.90 Å². The van der Waals surface area contributed by atoms with Crippen molar-refractivity contribution >= 4 is 23.1 Å². The molecule has 6 heteroatoms. The summed E-state index contributed by atoms with van der Waals surface area (Å²) in [6, 6.07) is 0. The van der Waals surface area contributed by atoms with Gasteiger partial charge in [0.25, 0.3) is 0 Å². The van der Waals surface area contributed by atoms with Gasteiger partial charge in [0.2, 0.25) is 5.91 Å². The summed E-state index contributed by atoms with van der Waals surface area (Å²) in [6.45, 7) is 3.40. The lowest BCUT2D eigenvalue weighted by Gasteiger charge is -2.17. The zero-order valence-corrected chi connectivity index (χ0v) is 11.6. The quantitative estimate of drug-likeness (QED) is 0.615. The normalized spacial score (nSPS) is 12.2. The molecule has 0 aromatic heterocycles. The molecule has 0 saturated heterocycles. The van der Waals surface area contributed by atoms with Crippen LogP contribution in [-0.4, -0.2) is 55.8 Å². The third kappa shape index (κ3) is 9.02. The number of nitrogens with zero attached hydrogens (tertiary/aromatic N) is 1. The Morgan fingerprint density at radius 2 is 2.12 bits per heavy atom. The standard InChI is InChI=1S/C11H22N2O3S/c1-9(8-15-3)16-7-5-11(14)13(2)6-4-10(12)17/h9H,4-8H2,1-3H3,(H2,12,17). The van der Waals surface area contributed by atoms with Crippen LogP contribution in [0, 0.1) is 0 Å². The van der Waals surface area contributed by atoms with E-state index in [1.54, 1.807) is 19.1 Å². The minimum Gasteiger partial charge on any atom is -0.393 e. The second-order valence-corrected chi connectivity index (χ2v) is 4.44. The van der Waals surface area contributed by atoms with Gasteiger partial charge in [-0.15, -0.1) is 0 Å². The number of carbonyl (C=O) groups excluding carboxylic acids is 1. The van der Waals surface area contributed by atoms with Gasteiger partial charge in [0.1, 0.15) is 0 Å². The van der Waals surface area contributed by atoms with E-state index in [1.165, 1.54) is 0 Å². The molecule has 0 aliphatic carbocycles. The van der Waals surface area contributed by atoms with Crippen LogP contribution in [0.3, 0.4) is 0 Å². The molecule has 0 bridgehead atoms. The van der Waals surface area contributed by atoms with Gasteiger partial charge in [-0.2, -0.15) is 0 Å². The molecule has 17 heavy (non-hydrogen) atoms. The molecule has 0 radical (unpaired) electrons. The van der Waals surface area contributed by atoms with E-state index in [2.05, 4.69) is 0 Å². The summed E-state index contributed by atoms with van der Waals surface area (Å²) < 4.78 is 10.3. The van der Waals surface area contributed by atoms with Crippen LogP contribution in [0.25, 0.3) is 0 Å². The van der Waals surface area contributed by atoms with Crippen molar-refractivity contribution in [2.75, 3.05) is 33.9 Å². The van der Waals surface area contributed by atoms with Crippen molar-refractivity contribution in [3.05, 3.63) is 0 Å². The molecule has 0 aliphatic heterocycles. The first kappa shape index (κ1) is 16.3. The third-order valence-corrected chi connectivity index (χ3v) is 2.44. The van der Waals surface area contributed by atoms with Crippen molar-refractivity contribution in [2.24, 2.45) is 5.73 Å². The molecule has 100 valence electrons. The summed E-state index contributed by atoms with van der Waals surface area (Å²) in [6.07, 6.45) is 0.926. The summed E-state index contributed by atoms with van der Waals surface area (Å²) >= 11 is 4.75. The summed E-state index contributed by atoms with van der Waals surface area (Å²) in [7, 11) is 3.35.